The van der Waals surface area contributed by atoms with Crippen molar-refractivity contribution in [2.45, 2.75) is 67.3 Å². The molecule has 246 valence electrons. The van der Waals surface area contributed by atoms with Gasteiger partial charge in [-0.1, -0.05) is 59.7 Å². The van der Waals surface area contributed by atoms with E-state index in [9.17, 15) is 18.0 Å². The number of urea groups is 1. The number of carbonyl (C=O) groups is 1. The largest absolute Gasteiger partial charge is 0.573 e. The van der Waals surface area contributed by atoms with Crippen LogP contribution in [0.5, 0.6) is 17.2 Å². The molecule has 0 fully saturated rings. The summed E-state index contributed by atoms with van der Waals surface area (Å²) < 4.78 is 49.1. The summed E-state index contributed by atoms with van der Waals surface area (Å²) in [6, 6.07) is 18.6. The molecule has 0 aromatic heterocycles. The maximum absolute atomic E-state index is 12.9. The second kappa shape index (κ2) is 20.8. The fourth-order valence-corrected chi connectivity index (χ4v) is 4.15. The number of fused-ring (bicyclic) bond motifs is 1. The van der Waals surface area contributed by atoms with E-state index in [1.165, 1.54) is 24.3 Å². The minimum absolute atomic E-state index is 0.0874. The van der Waals surface area contributed by atoms with Crippen molar-refractivity contribution in [1.29, 1.82) is 0 Å². The van der Waals surface area contributed by atoms with Gasteiger partial charge in [-0.05, 0) is 61.4 Å². The molecule has 3 aromatic rings. The number of alkyl halides is 3. The van der Waals surface area contributed by atoms with Gasteiger partial charge in [-0.15, -0.1) is 13.2 Å². The van der Waals surface area contributed by atoms with Crippen LogP contribution in [0, 0.1) is 0 Å². The van der Waals surface area contributed by atoms with E-state index >= 15 is 0 Å². The van der Waals surface area contributed by atoms with Crippen molar-refractivity contribution in [2.24, 2.45) is 0 Å². The van der Waals surface area contributed by atoms with E-state index in [-0.39, 0.29) is 17.8 Å². The number of para-hydroxylation sites is 1. The summed E-state index contributed by atoms with van der Waals surface area (Å²) in [4.78, 5) is 16.7. The summed E-state index contributed by atoms with van der Waals surface area (Å²) in [7, 11) is 7.27. The molecule has 7 nitrogen and oxygen atoms in total. The molecule has 1 heterocycles. The number of methoxy groups -OCH3 is 2. The van der Waals surface area contributed by atoms with Crippen molar-refractivity contribution in [1.82, 2.24) is 4.90 Å². The van der Waals surface area contributed by atoms with Gasteiger partial charge in [-0.25, -0.2) is 4.79 Å². The van der Waals surface area contributed by atoms with Crippen LogP contribution >= 0.6 is 0 Å². The van der Waals surface area contributed by atoms with Crippen molar-refractivity contribution in [3.8, 4) is 17.2 Å². The number of carbonyl (C=O) groups excluding carboxylic acids is 1. The Morgan fingerprint density at radius 1 is 0.864 bits per heavy atom. The zero-order valence-electron chi connectivity index (χ0n) is 28.0. The molecule has 0 aliphatic carbocycles. The van der Waals surface area contributed by atoms with Gasteiger partial charge in [0.2, 0.25) is 0 Å². The number of hydrogen-bond donors (Lipinski definition) is 1. The van der Waals surface area contributed by atoms with Crippen LogP contribution < -0.4 is 24.4 Å². The van der Waals surface area contributed by atoms with Gasteiger partial charge in [-0.3, -0.25) is 0 Å². The fraction of sp³-hybridized carbons (Fsp3) is 0.441. The van der Waals surface area contributed by atoms with Crippen LogP contribution in [0.3, 0.4) is 0 Å². The average Bonchev–Trinajstić information content (AvgIpc) is 3.03. The quantitative estimate of drug-likeness (QED) is 0.307. The van der Waals surface area contributed by atoms with Crippen molar-refractivity contribution in [3.05, 3.63) is 77.9 Å². The van der Waals surface area contributed by atoms with Gasteiger partial charge in [0.25, 0.3) is 0 Å². The molecule has 2 amide bonds. The lowest BCUT2D eigenvalue weighted by Gasteiger charge is -2.36. The predicted octanol–water partition coefficient (Wildman–Crippen LogP) is 9.58. The average molecular weight is 622 g/mol. The molecule has 10 heteroatoms. The molecule has 4 rings (SSSR count). The molecular weight excluding hydrogens is 571 g/mol. The second-order valence-electron chi connectivity index (χ2n) is 8.75. The molecule has 44 heavy (non-hydrogen) atoms. The summed E-state index contributed by atoms with van der Waals surface area (Å²) in [5.41, 5.74) is 4.08. The number of halogens is 3. The van der Waals surface area contributed by atoms with Crippen LogP contribution in [0.15, 0.2) is 66.7 Å². The van der Waals surface area contributed by atoms with Crippen molar-refractivity contribution >= 4 is 17.4 Å². The Morgan fingerprint density at radius 2 is 1.43 bits per heavy atom. The summed E-state index contributed by atoms with van der Waals surface area (Å²) in [5.74, 6) is 1.33. The van der Waals surface area contributed by atoms with Gasteiger partial charge < -0.3 is 29.3 Å². The molecule has 3 aromatic carbocycles. The first-order chi connectivity index (χ1) is 21.0. The van der Waals surface area contributed by atoms with Gasteiger partial charge >= 0.3 is 12.4 Å². The number of amides is 2. The van der Waals surface area contributed by atoms with Gasteiger partial charge in [0, 0.05) is 43.6 Å². The lowest BCUT2D eigenvalue weighted by Crippen LogP contribution is -2.41. The third-order valence-corrected chi connectivity index (χ3v) is 6.04. The molecule has 1 atom stereocenters. The topological polar surface area (TPSA) is 63.3 Å². The van der Waals surface area contributed by atoms with Gasteiger partial charge in [0.15, 0.2) is 0 Å². The normalized spacial score (nSPS) is 12.9. The molecule has 0 bridgehead atoms. The third kappa shape index (κ3) is 12.7. The standard InChI is InChI=1S/C21H27N3O3.C7H5F3O.3C2H6/c1-14-20-15(12-18(26-4)13-19(20)27-5)10-11-24(14)21(25)22-16-6-8-17(9-7-16)23(2)3;8-7(9,10)11-6-4-2-1-3-5-6;3*1-2/h6-9,12-14H,10-11H2,1-5H3,(H,22,25);1-5H;3*1-2H3. The van der Waals surface area contributed by atoms with Crippen LogP contribution in [0.4, 0.5) is 29.3 Å². The molecule has 1 N–H and O–H groups in total. The molecule has 1 aliphatic heterocycles. The van der Waals surface area contributed by atoms with E-state index in [4.69, 9.17) is 9.47 Å². The van der Waals surface area contributed by atoms with Crippen LogP contribution in [0.25, 0.3) is 0 Å². The van der Waals surface area contributed by atoms with Crippen LogP contribution in [0.2, 0.25) is 0 Å². The first kappa shape index (κ1) is 39.9. The number of anilines is 2. The Kier molecular flexibility index (Phi) is 18.8. The van der Waals surface area contributed by atoms with Crippen LogP contribution in [-0.2, 0) is 6.42 Å². The first-order valence-corrected chi connectivity index (χ1v) is 14.9. The zero-order valence-corrected chi connectivity index (χ0v) is 28.0. The molecule has 0 saturated carbocycles. The highest BCUT2D eigenvalue weighted by atomic mass is 19.4. The molecule has 0 saturated heterocycles. The number of hydrogen-bond acceptors (Lipinski definition) is 5. The second-order valence-corrected chi connectivity index (χ2v) is 8.75. The number of benzene rings is 3. The Balaban J connectivity index is 0.000000908. The molecule has 0 radical (unpaired) electrons. The van der Waals surface area contributed by atoms with E-state index in [2.05, 4.69) is 10.1 Å². The smallest absolute Gasteiger partial charge is 0.497 e. The molecule has 1 aliphatic rings. The molecular formula is C34H50F3N3O4. The van der Waals surface area contributed by atoms with Crippen molar-refractivity contribution < 1.29 is 32.2 Å². The number of ether oxygens (including phenoxy) is 3. The third-order valence-electron chi connectivity index (χ3n) is 6.04. The Bertz CT molecular complexity index is 1190. The van der Waals surface area contributed by atoms with Gasteiger partial charge in [0.1, 0.15) is 17.2 Å². The summed E-state index contributed by atoms with van der Waals surface area (Å²) >= 11 is 0. The highest BCUT2D eigenvalue weighted by Crippen LogP contribution is 2.39. The van der Waals surface area contributed by atoms with E-state index in [0.717, 1.165) is 40.4 Å². The maximum atomic E-state index is 12.9. The van der Waals surface area contributed by atoms with E-state index in [0.29, 0.717) is 6.54 Å². The minimum atomic E-state index is -4.60. The lowest BCUT2D eigenvalue weighted by atomic mass is 9.92. The molecule has 0 spiro atoms. The number of rotatable bonds is 5. The Hall–Kier alpha value is -4.08. The minimum Gasteiger partial charge on any atom is -0.497 e. The monoisotopic (exact) mass is 621 g/mol. The van der Waals surface area contributed by atoms with Gasteiger partial charge in [-0.2, -0.15) is 0 Å². The highest BCUT2D eigenvalue weighted by Gasteiger charge is 2.31. The number of nitrogens with one attached hydrogen (secondary N) is 1. The Morgan fingerprint density at radius 3 is 1.91 bits per heavy atom. The van der Waals surface area contributed by atoms with Crippen molar-refractivity contribution in [3.63, 3.8) is 0 Å². The van der Waals surface area contributed by atoms with Crippen LogP contribution in [0.1, 0.15) is 65.6 Å². The van der Waals surface area contributed by atoms with Gasteiger partial charge in [0.05, 0.1) is 20.3 Å². The highest BCUT2D eigenvalue weighted by molar-refractivity contribution is 5.90. The number of nitrogens with zero attached hydrogens (tertiary/aromatic N) is 2. The summed E-state index contributed by atoms with van der Waals surface area (Å²) in [6.45, 7) is 14.7. The van der Waals surface area contributed by atoms with E-state index in [1.807, 2.05) is 109 Å². The first-order valence-electron chi connectivity index (χ1n) is 14.9. The fourth-order valence-electron chi connectivity index (χ4n) is 4.15. The summed E-state index contributed by atoms with van der Waals surface area (Å²) in [5, 5.41) is 3.00. The SMILES string of the molecule is CC.CC.CC.COc1cc2c(c(OC)c1)C(C)N(C(=O)Nc1ccc(N(C)C)cc1)CC2.FC(F)(F)Oc1ccccc1. The molecule has 1 unspecified atom stereocenters. The lowest BCUT2D eigenvalue weighted by molar-refractivity contribution is -0.274. The maximum Gasteiger partial charge on any atom is 0.573 e. The predicted molar refractivity (Wildman–Crippen MR) is 175 cm³/mol. The Labute approximate surface area is 261 Å². The van der Waals surface area contributed by atoms with Crippen molar-refractivity contribution in [2.75, 3.05) is 45.1 Å². The van der Waals surface area contributed by atoms with Crippen LogP contribution in [-0.4, -0.2) is 52.2 Å². The zero-order chi connectivity index (χ0) is 33.9. The summed E-state index contributed by atoms with van der Waals surface area (Å²) in [6.07, 6.45) is -3.83. The van der Waals surface area contributed by atoms with E-state index < -0.39 is 6.36 Å². The van der Waals surface area contributed by atoms with E-state index in [1.54, 1.807) is 20.3 Å².